The third-order valence-corrected chi connectivity index (χ3v) is 6.54. The number of hydrogen-bond donors (Lipinski definition) is 1. The number of hydrogen-bond acceptors (Lipinski definition) is 3. The molecular formula is C20H28O3. The van der Waals surface area contributed by atoms with Gasteiger partial charge in [0.1, 0.15) is 6.29 Å². The number of aliphatic hydroxyl groups excluding tert-OH is 1. The molecule has 4 atom stereocenters. The number of fused-ring (bicyclic) bond motifs is 3. The first-order chi connectivity index (χ1) is 10.8. The Kier molecular flexibility index (Phi) is 4.12. The van der Waals surface area contributed by atoms with Gasteiger partial charge in [-0.05, 0) is 54.1 Å². The minimum atomic E-state index is -0.565. The van der Waals surface area contributed by atoms with Gasteiger partial charge in [0, 0.05) is 12.3 Å². The number of carbonyl (C=O) groups excluding carboxylic acids is 2. The minimum Gasteiger partial charge on any atom is -0.392 e. The van der Waals surface area contributed by atoms with Gasteiger partial charge in [0.2, 0.25) is 0 Å². The molecule has 0 aliphatic heterocycles. The zero-order chi connectivity index (χ0) is 16.8. The summed E-state index contributed by atoms with van der Waals surface area (Å²) in [6.07, 6.45) is 9.13. The van der Waals surface area contributed by atoms with Crippen LogP contribution >= 0.6 is 0 Å². The highest BCUT2D eigenvalue weighted by Crippen LogP contribution is 2.60. The Labute approximate surface area is 138 Å². The highest BCUT2D eigenvalue weighted by molar-refractivity contribution is 5.95. The molecule has 126 valence electrons. The summed E-state index contributed by atoms with van der Waals surface area (Å²) in [7, 11) is 0. The number of allylic oxidation sites excluding steroid dienone is 2. The van der Waals surface area contributed by atoms with Crippen LogP contribution in [0.2, 0.25) is 0 Å². The van der Waals surface area contributed by atoms with Crippen LogP contribution < -0.4 is 0 Å². The Hall–Kier alpha value is -1.22. The van der Waals surface area contributed by atoms with E-state index in [1.165, 1.54) is 0 Å². The first kappa shape index (κ1) is 16.6. The topological polar surface area (TPSA) is 54.4 Å². The van der Waals surface area contributed by atoms with Gasteiger partial charge in [-0.2, -0.15) is 0 Å². The van der Waals surface area contributed by atoms with Gasteiger partial charge in [0.25, 0.3) is 0 Å². The van der Waals surface area contributed by atoms with E-state index in [1.54, 1.807) is 0 Å². The second kappa shape index (κ2) is 5.70. The third-order valence-electron chi connectivity index (χ3n) is 6.54. The molecule has 3 aliphatic rings. The van der Waals surface area contributed by atoms with Crippen LogP contribution in [0.15, 0.2) is 23.3 Å². The molecule has 3 rings (SSSR count). The molecule has 3 nitrogen and oxygen atoms in total. The molecule has 23 heavy (non-hydrogen) atoms. The summed E-state index contributed by atoms with van der Waals surface area (Å²) in [4.78, 5) is 24.1. The molecule has 0 aromatic heterocycles. The van der Waals surface area contributed by atoms with E-state index in [4.69, 9.17) is 0 Å². The van der Waals surface area contributed by atoms with E-state index in [2.05, 4.69) is 20.8 Å². The van der Waals surface area contributed by atoms with Crippen LogP contribution in [0.4, 0.5) is 0 Å². The lowest BCUT2D eigenvalue weighted by Gasteiger charge is -2.56. The molecule has 0 amide bonds. The third kappa shape index (κ3) is 2.73. The van der Waals surface area contributed by atoms with Crippen molar-refractivity contribution in [2.45, 2.75) is 65.4 Å². The average Bonchev–Trinajstić information content (AvgIpc) is 2.41. The number of ketones is 1. The van der Waals surface area contributed by atoms with E-state index >= 15 is 0 Å². The van der Waals surface area contributed by atoms with Crippen LogP contribution in [0.5, 0.6) is 0 Å². The first-order valence-electron chi connectivity index (χ1n) is 8.84. The molecule has 0 aromatic carbocycles. The summed E-state index contributed by atoms with van der Waals surface area (Å²) in [5.41, 5.74) is 1.75. The number of carbonyl (C=O) groups is 2. The van der Waals surface area contributed by atoms with E-state index in [1.807, 2.05) is 12.2 Å². The van der Waals surface area contributed by atoms with Gasteiger partial charge in [-0.25, -0.2) is 0 Å². The predicted molar refractivity (Wildman–Crippen MR) is 89.8 cm³/mol. The molecule has 0 bridgehead atoms. The van der Waals surface area contributed by atoms with Gasteiger partial charge in [-0.15, -0.1) is 0 Å². The molecule has 0 aromatic rings. The first-order valence-corrected chi connectivity index (χ1v) is 8.84. The predicted octanol–water partition coefficient (Wildman–Crippen LogP) is 3.61. The molecule has 3 heteroatoms. The zero-order valence-corrected chi connectivity index (χ0v) is 14.5. The normalized spacial score (nSPS) is 40.0. The quantitative estimate of drug-likeness (QED) is 0.752. The largest absolute Gasteiger partial charge is 0.392 e. The van der Waals surface area contributed by atoms with Gasteiger partial charge >= 0.3 is 0 Å². The summed E-state index contributed by atoms with van der Waals surface area (Å²) >= 11 is 0. The lowest BCUT2D eigenvalue weighted by molar-refractivity contribution is -0.136. The number of aldehydes is 1. The van der Waals surface area contributed by atoms with Crippen molar-refractivity contribution in [2.75, 3.05) is 0 Å². The minimum absolute atomic E-state index is 0.0182. The maximum atomic E-state index is 12.9. The number of aliphatic hydroxyl groups is 1. The molecule has 3 aliphatic carbocycles. The van der Waals surface area contributed by atoms with Crippen molar-refractivity contribution in [2.24, 2.45) is 22.7 Å². The lowest BCUT2D eigenvalue weighted by atomic mass is 9.47. The van der Waals surface area contributed by atoms with Crippen LogP contribution in [-0.4, -0.2) is 23.3 Å². The van der Waals surface area contributed by atoms with Crippen molar-refractivity contribution in [1.29, 1.82) is 0 Å². The fourth-order valence-corrected chi connectivity index (χ4v) is 5.67. The zero-order valence-electron chi connectivity index (χ0n) is 14.5. The molecule has 0 spiro atoms. The Morgan fingerprint density at radius 1 is 1.22 bits per heavy atom. The second-order valence-corrected chi connectivity index (χ2v) is 8.65. The molecule has 0 saturated heterocycles. The SMILES string of the molecule is CC1(C)CCC[C@]2(C)[C@H]3CC=C(C=O)C[C@H](O)CC3=CC(=O)[C@@H]12. The van der Waals surface area contributed by atoms with E-state index in [0.717, 1.165) is 37.5 Å². The molecule has 0 unspecified atom stereocenters. The Morgan fingerprint density at radius 3 is 2.65 bits per heavy atom. The summed E-state index contributed by atoms with van der Waals surface area (Å²) in [5, 5.41) is 10.3. The van der Waals surface area contributed by atoms with Gasteiger partial charge in [-0.3, -0.25) is 9.59 Å². The van der Waals surface area contributed by atoms with E-state index in [9.17, 15) is 14.7 Å². The number of rotatable bonds is 1. The second-order valence-electron chi connectivity index (χ2n) is 8.65. The van der Waals surface area contributed by atoms with Crippen molar-refractivity contribution < 1.29 is 14.7 Å². The fraction of sp³-hybridized carbons (Fsp3) is 0.700. The Balaban J connectivity index is 2.07. The maximum Gasteiger partial charge on any atom is 0.159 e. The average molecular weight is 316 g/mol. The highest BCUT2D eigenvalue weighted by Gasteiger charge is 2.55. The Bertz CT molecular complexity index is 584. The fourth-order valence-electron chi connectivity index (χ4n) is 5.67. The molecule has 1 N–H and O–H groups in total. The lowest BCUT2D eigenvalue weighted by Crippen LogP contribution is -2.53. The summed E-state index contributed by atoms with van der Waals surface area (Å²) in [6, 6.07) is 0. The molecular weight excluding hydrogens is 288 g/mol. The van der Waals surface area contributed by atoms with Crippen LogP contribution in [-0.2, 0) is 9.59 Å². The van der Waals surface area contributed by atoms with Gasteiger partial charge in [0.05, 0.1) is 6.10 Å². The van der Waals surface area contributed by atoms with Crippen LogP contribution in [0.3, 0.4) is 0 Å². The Morgan fingerprint density at radius 2 is 1.96 bits per heavy atom. The van der Waals surface area contributed by atoms with Crippen LogP contribution in [0, 0.1) is 22.7 Å². The van der Waals surface area contributed by atoms with Crippen molar-refractivity contribution in [3.05, 3.63) is 23.3 Å². The summed E-state index contributed by atoms with van der Waals surface area (Å²) in [5.74, 6) is 0.549. The maximum absolute atomic E-state index is 12.9. The summed E-state index contributed by atoms with van der Waals surface area (Å²) < 4.78 is 0. The van der Waals surface area contributed by atoms with E-state index < -0.39 is 6.10 Å². The van der Waals surface area contributed by atoms with Crippen LogP contribution in [0.1, 0.15) is 59.3 Å². The molecule has 1 fully saturated rings. The van der Waals surface area contributed by atoms with E-state index in [-0.39, 0.29) is 28.4 Å². The molecule has 0 heterocycles. The van der Waals surface area contributed by atoms with Crippen molar-refractivity contribution in [3.8, 4) is 0 Å². The van der Waals surface area contributed by atoms with Gasteiger partial charge in [0.15, 0.2) is 5.78 Å². The molecule has 0 radical (unpaired) electrons. The summed E-state index contributed by atoms with van der Waals surface area (Å²) in [6.45, 7) is 6.70. The van der Waals surface area contributed by atoms with Crippen molar-refractivity contribution in [1.82, 2.24) is 0 Å². The standard InChI is InChI=1S/C20H28O3/c1-19(2)7-4-8-20(3)16-6-5-13(12-21)9-15(22)10-14(16)11-17(23)18(19)20/h5,11-12,15-16,18,22H,4,6-10H2,1-3H3/t15-,16-,18-,20+/m0/s1. The van der Waals surface area contributed by atoms with E-state index in [0.29, 0.717) is 18.4 Å². The highest BCUT2D eigenvalue weighted by atomic mass is 16.3. The monoisotopic (exact) mass is 316 g/mol. The molecule has 1 saturated carbocycles. The smallest absolute Gasteiger partial charge is 0.159 e. The van der Waals surface area contributed by atoms with Crippen molar-refractivity contribution in [3.63, 3.8) is 0 Å². The van der Waals surface area contributed by atoms with Gasteiger partial charge < -0.3 is 5.11 Å². The van der Waals surface area contributed by atoms with Crippen LogP contribution in [0.25, 0.3) is 0 Å². The van der Waals surface area contributed by atoms with Crippen molar-refractivity contribution >= 4 is 12.1 Å². The van der Waals surface area contributed by atoms with Gasteiger partial charge in [-0.1, -0.05) is 38.8 Å².